The van der Waals surface area contributed by atoms with Gasteiger partial charge in [0.05, 0.1) is 14.2 Å². The molecule has 0 spiro atoms. The van der Waals surface area contributed by atoms with Crippen molar-refractivity contribution in [3.8, 4) is 11.5 Å². The fourth-order valence-corrected chi connectivity index (χ4v) is 4.79. The van der Waals surface area contributed by atoms with Gasteiger partial charge in [-0.15, -0.1) is 0 Å². The third kappa shape index (κ3) is 6.19. The average Bonchev–Trinajstić information content (AvgIpc) is 2.91. The first-order valence-corrected chi connectivity index (χ1v) is 12.1. The maximum absolute atomic E-state index is 12.9. The molecule has 4 aromatic carbocycles. The van der Waals surface area contributed by atoms with E-state index in [2.05, 4.69) is 0 Å². The summed E-state index contributed by atoms with van der Waals surface area (Å²) in [5.74, 6) is 1.53. The predicted octanol–water partition coefficient (Wildman–Crippen LogP) is 6.71. The highest BCUT2D eigenvalue weighted by Gasteiger charge is 2.15. The summed E-state index contributed by atoms with van der Waals surface area (Å²) in [4.78, 5) is 27.9. The van der Waals surface area contributed by atoms with Crippen LogP contribution in [0.4, 0.5) is 0 Å². The molecule has 0 aliphatic carbocycles. The first kappa shape index (κ1) is 24.3. The van der Waals surface area contributed by atoms with Gasteiger partial charge in [0.2, 0.25) is 0 Å². The summed E-state index contributed by atoms with van der Waals surface area (Å²) in [6, 6.07) is 30.2. The molecule has 0 amide bonds. The van der Waals surface area contributed by atoms with Gasteiger partial charge in [0.15, 0.2) is 11.6 Å². The van der Waals surface area contributed by atoms with Crippen LogP contribution < -0.4 is 9.47 Å². The highest BCUT2D eigenvalue weighted by molar-refractivity contribution is 7.99. The zero-order chi connectivity index (χ0) is 24.6. The molecule has 0 aromatic heterocycles. The predicted molar refractivity (Wildman–Crippen MR) is 139 cm³/mol. The minimum absolute atomic E-state index is 0.0451. The number of benzene rings is 4. The van der Waals surface area contributed by atoms with Gasteiger partial charge in [-0.1, -0.05) is 48.2 Å². The SMILES string of the molecule is COc1ccc(C(=O)Cc2ccccc2Sc2ccccc2CC(=O)c2ccc(OC)cc2)cc1. The Morgan fingerprint density at radius 3 is 1.31 bits per heavy atom. The number of Topliss-reactive ketones (excluding diaryl/α,β-unsaturated/α-hetero) is 2. The minimum Gasteiger partial charge on any atom is -0.497 e. The van der Waals surface area contributed by atoms with Crippen molar-refractivity contribution >= 4 is 23.3 Å². The maximum Gasteiger partial charge on any atom is 0.167 e. The Kier molecular flexibility index (Phi) is 8.01. The summed E-state index contributed by atoms with van der Waals surface area (Å²) in [7, 11) is 3.21. The first-order chi connectivity index (χ1) is 17.1. The summed E-state index contributed by atoms with van der Waals surface area (Å²) in [5, 5.41) is 0. The quantitative estimate of drug-likeness (QED) is 0.235. The molecule has 0 heterocycles. The van der Waals surface area contributed by atoms with E-state index in [1.165, 1.54) is 0 Å². The van der Waals surface area contributed by atoms with Crippen LogP contribution in [0.1, 0.15) is 31.8 Å². The highest BCUT2D eigenvalue weighted by atomic mass is 32.2. The molecular weight excluding hydrogens is 456 g/mol. The van der Waals surface area contributed by atoms with E-state index in [4.69, 9.17) is 9.47 Å². The third-order valence-corrected chi connectivity index (χ3v) is 6.93. The average molecular weight is 483 g/mol. The number of rotatable bonds is 10. The molecule has 4 aromatic rings. The van der Waals surface area contributed by atoms with Crippen LogP contribution in [0.25, 0.3) is 0 Å². The Balaban J connectivity index is 1.52. The normalized spacial score (nSPS) is 10.6. The van der Waals surface area contributed by atoms with Gasteiger partial charge in [-0.3, -0.25) is 9.59 Å². The smallest absolute Gasteiger partial charge is 0.167 e. The first-order valence-electron chi connectivity index (χ1n) is 11.3. The lowest BCUT2D eigenvalue weighted by atomic mass is 10.0. The van der Waals surface area contributed by atoms with Crippen LogP contribution in [0.2, 0.25) is 0 Å². The molecular formula is C30H26O4S. The molecule has 0 atom stereocenters. The lowest BCUT2D eigenvalue weighted by Crippen LogP contribution is -2.05. The Morgan fingerprint density at radius 2 is 0.943 bits per heavy atom. The molecule has 35 heavy (non-hydrogen) atoms. The number of hydrogen-bond donors (Lipinski definition) is 0. The topological polar surface area (TPSA) is 52.6 Å². The number of carbonyl (C=O) groups excluding carboxylic acids is 2. The molecule has 0 radical (unpaired) electrons. The molecule has 0 aliphatic heterocycles. The van der Waals surface area contributed by atoms with Crippen molar-refractivity contribution in [1.82, 2.24) is 0 Å². The zero-order valence-electron chi connectivity index (χ0n) is 19.7. The largest absolute Gasteiger partial charge is 0.497 e. The van der Waals surface area contributed by atoms with Gasteiger partial charge >= 0.3 is 0 Å². The van der Waals surface area contributed by atoms with Crippen LogP contribution in [0.3, 0.4) is 0 Å². The lowest BCUT2D eigenvalue weighted by Gasteiger charge is -2.12. The fraction of sp³-hybridized carbons (Fsp3) is 0.133. The molecule has 0 aliphatic rings. The number of methoxy groups -OCH3 is 2. The van der Waals surface area contributed by atoms with Gasteiger partial charge < -0.3 is 9.47 Å². The summed E-state index contributed by atoms with van der Waals surface area (Å²) < 4.78 is 10.4. The molecule has 0 unspecified atom stereocenters. The second-order valence-corrected chi connectivity index (χ2v) is 9.06. The summed E-state index contributed by atoms with van der Waals surface area (Å²) in [6.07, 6.45) is 0.588. The summed E-state index contributed by atoms with van der Waals surface area (Å²) in [5.41, 5.74) is 3.20. The van der Waals surface area contributed by atoms with E-state index in [-0.39, 0.29) is 11.6 Å². The van der Waals surface area contributed by atoms with Crippen molar-refractivity contribution in [3.05, 3.63) is 119 Å². The summed E-state index contributed by atoms with van der Waals surface area (Å²) >= 11 is 1.58. The lowest BCUT2D eigenvalue weighted by molar-refractivity contribution is 0.0984. The van der Waals surface area contributed by atoms with Crippen LogP contribution in [0, 0.1) is 0 Å². The zero-order valence-corrected chi connectivity index (χ0v) is 20.5. The number of hydrogen-bond acceptors (Lipinski definition) is 5. The number of ether oxygens (including phenoxy) is 2. The van der Waals surface area contributed by atoms with Gasteiger partial charge in [0.1, 0.15) is 11.5 Å². The van der Waals surface area contributed by atoms with Crippen molar-refractivity contribution in [2.45, 2.75) is 22.6 Å². The molecule has 0 fully saturated rings. The standard InChI is InChI=1S/C30H26O4S/c1-33-25-15-11-21(12-16-25)27(31)19-23-7-3-5-9-29(23)35-30-10-6-4-8-24(30)20-28(32)22-13-17-26(34-2)18-14-22/h3-18H,19-20H2,1-2H3. The van der Waals surface area contributed by atoms with E-state index in [9.17, 15) is 9.59 Å². The number of ketones is 2. The molecule has 4 rings (SSSR count). The second kappa shape index (κ2) is 11.5. The van der Waals surface area contributed by atoms with Crippen molar-refractivity contribution in [2.24, 2.45) is 0 Å². The van der Waals surface area contributed by atoms with Crippen LogP contribution >= 0.6 is 11.8 Å². The van der Waals surface area contributed by atoms with Crippen molar-refractivity contribution < 1.29 is 19.1 Å². The van der Waals surface area contributed by atoms with Crippen LogP contribution in [0.5, 0.6) is 11.5 Å². The summed E-state index contributed by atoms with van der Waals surface area (Å²) in [6.45, 7) is 0. The van der Waals surface area contributed by atoms with Crippen LogP contribution in [-0.2, 0) is 12.8 Å². The Labute approximate surface area is 209 Å². The number of carbonyl (C=O) groups is 2. The Hall–Kier alpha value is -3.83. The molecule has 176 valence electrons. The van der Waals surface area contributed by atoms with Crippen molar-refractivity contribution in [3.63, 3.8) is 0 Å². The molecule has 0 saturated carbocycles. The van der Waals surface area contributed by atoms with Gasteiger partial charge in [-0.2, -0.15) is 0 Å². The van der Waals surface area contributed by atoms with Crippen LogP contribution in [-0.4, -0.2) is 25.8 Å². The maximum atomic E-state index is 12.9. The van der Waals surface area contributed by atoms with Gasteiger partial charge in [0.25, 0.3) is 0 Å². The van der Waals surface area contributed by atoms with Gasteiger partial charge in [-0.25, -0.2) is 0 Å². The van der Waals surface area contributed by atoms with Crippen LogP contribution in [0.15, 0.2) is 107 Å². The van der Waals surface area contributed by atoms with E-state index in [0.717, 1.165) is 32.4 Å². The molecule has 0 bridgehead atoms. The van der Waals surface area contributed by atoms with Gasteiger partial charge in [-0.05, 0) is 71.8 Å². The minimum atomic E-state index is 0.0451. The Bertz CT molecular complexity index is 1210. The van der Waals surface area contributed by atoms with E-state index < -0.39 is 0 Å². The molecule has 0 N–H and O–H groups in total. The third-order valence-electron chi connectivity index (χ3n) is 5.69. The second-order valence-electron chi connectivity index (χ2n) is 7.97. The molecule has 4 nitrogen and oxygen atoms in total. The fourth-order valence-electron chi connectivity index (χ4n) is 3.72. The van der Waals surface area contributed by atoms with E-state index in [1.54, 1.807) is 74.5 Å². The molecule has 5 heteroatoms. The monoisotopic (exact) mass is 482 g/mol. The van der Waals surface area contributed by atoms with E-state index in [0.29, 0.717) is 24.0 Å². The van der Waals surface area contributed by atoms with Gasteiger partial charge in [0, 0.05) is 33.8 Å². The highest BCUT2D eigenvalue weighted by Crippen LogP contribution is 2.34. The Morgan fingerprint density at radius 1 is 0.571 bits per heavy atom. The van der Waals surface area contributed by atoms with Crippen molar-refractivity contribution in [2.75, 3.05) is 14.2 Å². The van der Waals surface area contributed by atoms with E-state index >= 15 is 0 Å². The van der Waals surface area contributed by atoms with Crippen molar-refractivity contribution in [1.29, 1.82) is 0 Å². The molecule has 0 saturated heterocycles. The van der Waals surface area contributed by atoms with E-state index in [1.807, 2.05) is 48.5 Å².